The fourth-order valence-electron chi connectivity index (χ4n) is 3.50. The van der Waals surface area contributed by atoms with Crippen LogP contribution in [0.2, 0.25) is 0 Å². The first kappa shape index (κ1) is 50.8. The maximum absolute atomic E-state index is 8.59. The molecule has 2 nitrogen and oxygen atoms in total. The number of aliphatic hydroxyl groups excluding tert-OH is 2. The molecule has 1 atom stereocenters. The number of alkyl halides is 3. The van der Waals surface area contributed by atoms with Gasteiger partial charge in [-0.15, -0.1) is 41.4 Å². The summed E-state index contributed by atoms with van der Waals surface area (Å²) in [6.45, 7) is 34.0. The minimum absolute atomic E-state index is 0.0838. The summed E-state index contributed by atoms with van der Waals surface area (Å²) in [6, 6.07) is 0. The van der Waals surface area contributed by atoms with Gasteiger partial charge in [0, 0.05) is 9.75 Å². The van der Waals surface area contributed by atoms with Gasteiger partial charge in [-0.2, -0.15) is 0 Å². The van der Waals surface area contributed by atoms with Gasteiger partial charge in [0.2, 0.25) is 0 Å². The minimum Gasteiger partial charge on any atom is -0.392 e. The Morgan fingerprint density at radius 3 is 1.36 bits per heavy atom. The van der Waals surface area contributed by atoms with Crippen molar-refractivity contribution < 1.29 is 10.2 Å². The number of rotatable bonds is 18. The second kappa shape index (κ2) is 30.3. The van der Waals surface area contributed by atoms with Crippen LogP contribution in [-0.4, -0.2) is 38.0 Å². The Labute approximate surface area is 296 Å². The van der Waals surface area contributed by atoms with E-state index in [1.54, 1.807) is 6.08 Å². The largest absolute Gasteiger partial charge is 0.392 e. The molecule has 264 valence electrons. The zero-order chi connectivity index (χ0) is 36.1. The van der Waals surface area contributed by atoms with Crippen molar-refractivity contribution in [2.75, 3.05) is 13.2 Å². The highest BCUT2D eigenvalue weighted by Crippen LogP contribution is 2.27. The van der Waals surface area contributed by atoms with Gasteiger partial charge in [0.15, 0.2) is 0 Å². The second-order valence-electron chi connectivity index (χ2n) is 13.6. The summed E-state index contributed by atoms with van der Waals surface area (Å²) in [5.41, 5.74) is 6.37. The van der Waals surface area contributed by atoms with Crippen molar-refractivity contribution in [2.24, 2.45) is 0 Å². The number of halogens is 3. The molecule has 0 amide bonds. The van der Waals surface area contributed by atoms with Crippen molar-refractivity contribution in [2.45, 2.75) is 155 Å². The molecule has 0 aliphatic rings. The van der Waals surface area contributed by atoms with Crippen molar-refractivity contribution >= 4 is 34.8 Å². The van der Waals surface area contributed by atoms with Gasteiger partial charge >= 0.3 is 0 Å². The fraction of sp³-hybridized carbons (Fsp3) is 0.650. The molecule has 45 heavy (non-hydrogen) atoms. The molecule has 0 saturated heterocycles. The molecule has 0 aliphatic heterocycles. The highest BCUT2D eigenvalue weighted by molar-refractivity contribution is 6.25. The molecule has 0 rings (SSSR count). The smallest absolute Gasteiger partial charge is 0.0614 e. The Kier molecular flexibility index (Phi) is 34.2. The summed E-state index contributed by atoms with van der Waals surface area (Å²) < 4.78 is 0. The molecule has 0 fully saturated rings. The van der Waals surface area contributed by atoms with Gasteiger partial charge in [0.1, 0.15) is 0 Å². The van der Waals surface area contributed by atoms with Gasteiger partial charge in [-0.05, 0) is 140 Å². The first-order valence-electron chi connectivity index (χ1n) is 16.4. The van der Waals surface area contributed by atoms with E-state index in [9.17, 15) is 0 Å². The Balaban J connectivity index is -0.000000250. The molecule has 0 saturated carbocycles. The fourth-order valence-corrected chi connectivity index (χ4v) is 3.90. The second-order valence-corrected chi connectivity index (χ2v) is 16.5. The zero-order valence-corrected chi connectivity index (χ0v) is 33.4. The Morgan fingerprint density at radius 2 is 1.00 bits per heavy atom. The predicted molar refractivity (Wildman–Crippen MR) is 210 cm³/mol. The topological polar surface area (TPSA) is 40.5 Å². The summed E-state index contributed by atoms with van der Waals surface area (Å²) in [6.07, 6.45) is 22.2. The summed E-state index contributed by atoms with van der Waals surface area (Å²) in [7, 11) is 0. The SMILES string of the molecule is C=CC(=C)CCC=C(C)C.C=CC(C)(Cl)CCCC(C)(C)Cl.CC(=CCO)CCCC(C)(C)Cl.CC(C)=CCCC(C)=CCO. The van der Waals surface area contributed by atoms with Crippen LogP contribution in [0.4, 0.5) is 0 Å². The Hall–Kier alpha value is -1.03. The van der Waals surface area contributed by atoms with Crippen LogP contribution in [0.1, 0.15) is 140 Å². The van der Waals surface area contributed by atoms with Crippen LogP contribution in [0.3, 0.4) is 0 Å². The van der Waals surface area contributed by atoms with Gasteiger partial charge in [0.25, 0.3) is 0 Å². The molecule has 0 aromatic carbocycles. The number of hydrogen-bond donors (Lipinski definition) is 2. The Bertz CT molecular complexity index is 883. The molecule has 0 radical (unpaired) electrons. The molecule has 2 N–H and O–H groups in total. The molecular weight excluding hydrogens is 619 g/mol. The van der Waals surface area contributed by atoms with E-state index < -0.39 is 0 Å². The minimum atomic E-state index is -0.262. The molecule has 0 heterocycles. The molecular formula is C40H71Cl3O2. The van der Waals surface area contributed by atoms with Crippen molar-refractivity contribution in [1.29, 1.82) is 0 Å². The van der Waals surface area contributed by atoms with Crippen molar-refractivity contribution in [3.63, 3.8) is 0 Å². The third kappa shape index (κ3) is 52.8. The van der Waals surface area contributed by atoms with E-state index in [1.165, 1.54) is 22.3 Å². The standard InChI is InChI=1S/C10H18Cl2.C10H19ClO.C10H18O.C10H16/c1-5-10(4,12)8-6-7-9(2,3)11;1-9(6-8-12)5-4-7-10(2,3)11;1-9(2)5-4-6-10(3)7-8-11;1-5-10(4)8-6-7-9(2)3/h5H,1,6-8H2,2-4H3;6,12H,4-5,7-8H2,1-3H3;5,7,11H,4,6,8H2,1-3H3;5,7H,1,4,6,8H2,2-3H3. The monoisotopic (exact) mass is 688 g/mol. The molecule has 0 aliphatic carbocycles. The average Bonchev–Trinajstić information content (AvgIpc) is 2.88. The van der Waals surface area contributed by atoms with Crippen molar-refractivity contribution in [1.82, 2.24) is 0 Å². The lowest BCUT2D eigenvalue weighted by molar-refractivity contribution is 0.341. The maximum atomic E-state index is 8.59. The van der Waals surface area contributed by atoms with Crippen LogP contribution in [0.25, 0.3) is 0 Å². The van der Waals surface area contributed by atoms with Gasteiger partial charge in [0.05, 0.1) is 18.1 Å². The first-order chi connectivity index (χ1) is 20.6. The zero-order valence-electron chi connectivity index (χ0n) is 31.1. The van der Waals surface area contributed by atoms with Crippen LogP contribution in [0.15, 0.2) is 84.1 Å². The van der Waals surface area contributed by atoms with E-state index >= 15 is 0 Å². The average molecular weight is 690 g/mol. The van der Waals surface area contributed by atoms with E-state index in [2.05, 4.69) is 66.5 Å². The van der Waals surface area contributed by atoms with E-state index in [1.807, 2.05) is 59.8 Å². The van der Waals surface area contributed by atoms with Gasteiger partial charge < -0.3 is 10.2 Å². The third-order valence-corrected chi connectivity index (χ3v) is 7.20. The van der Waals surface area contributed by atoms with E-state index in [0.29, 0.717) is 0 Å². The normalized spacial score (nSPS) is 12.9. The summed E-state index contributed by atoms with van der Waals surface area (Å²) in [5.74, 6) is 0. The van der Waals surface area contributed by atoms with Crippen LogP contribution in [-0.2, 0) is 0 Å². The third-order valence-electron chi connectivity index (χ3n) is 6.48. The highest BCUT2D eigenvalue weighted by atomic mass is 35.5. The van der Waals surface area contributed by atoms with Crippen molar-refractivity contribution in [3.8, 4) is 0 Å². The number of hydrogen-bond acceptors (Lipinski definition) is 2. The van der Waals surface area contributed by atoms with Gasteiger partial charge in [-0.1, -0.05) is 77.5 Å². The number of allylic oxidation sites excluding steroid dienone is 9. The van der Waals surface area contributed by atoms with E-state index in [0.717, 1.165) is 69.8 Å². The van der Waals surface area contributed by atoms with Crippen LogP contribution < -0.4 is 0 Å². The van der Waals surface area contributed by atoms with Crippen molar-refractivity contribution in [3.05, 3.63) is 84.1 Å². The lowest BCUT2D eigenvalue weighted by Gasteiger charge is -2.20. The van der Waals surface area contributed by atoms with Crippen LogP contribution in [0.5, 0.6) is 0 Å². The summed E-state index contributed by atoms with van der Waals surface area (Å²) in [4.78, 5) is -0.449. The highest BCUT2D eigenvalue weighted by Gasteiger charge is 2.18. The predicted octanol–water partition coefficient (Wildman–Crippen LogP) is 13.6. The molecule has 0 aromatic heterocycles. The maximum Gasteiger partial charge on any atom is 0.0614 e. The Morgan fingerprint density at radius 1 is 0.600 bits per heavy atom. The van der Waals surface area contributed by atoms with E-state index in [4.69, 9.17) is 45.0 Å². The van der Waals surface area contributed by atoms with Crippen LogP contribution >= 0.6 is 34.8 Å². The molecule has 1 unspecified atom stereocenters. The van der Waals surface area contributed by atoms with Crippen LogP contribution in [0, 0.1) is 0 Å². The lowest BCUT2D eigenvalue weighted by Crippen LogP contribution is -2.15. The van der Waals surface area contributed by atoms with Gasteiger partial charge in [-0.25, -0.2) is 0 Å². The lowest BCUT2D eigenvalue weighted by atomic mass is 9.99. The summed E-state index contributed by atoms with van der Waals surface area (Å²) in [5, 5.41) is 17.1. The first-order valence-corrected chi connectivity index (χ1v) is 17.5. The summed E-state index contributed by atoms with van der Waals surface area (Å²) >= 11 is 18.1. The van der Waals surface area contributed by atoms with E-state index in [-0.39, 0.29) is 27.8 Å². The quantitative estimate of drug-likeness (QED) is 0.0854. The van der Waals surface area contributed by atoms with Gasteiger partial charge in [-0.3, -0.25) is 0 Å². The number of aliphatic hydroxyl groups is 2. The molecule has 5 heteroatoms. The molecule has 0 bridgehead atoms. The molecule has 0 aromatic rings. The molecule has 0 spiro atoms.